The van der Waals surface area contributed by atoms with Gasteiger partial charge in [-0.3, -0.25) is 24.3 Å². The molecule has 3 amide bonds. The van der Waals surface area contributed by atoms with Crippen molar-refractivity contribution in [2.75, 3.05) is 65.9 Å². The molecule has 1 aromatic rings. The first-order valence-electron chi connectivity index (χ1n) is 18.2. The van der Waals surface area contributed by atoms with Crippen molar-refractivity contribution in [1.29, 1.82) is 0 Å². The first-order chi connectivity index (χ1) is 24.3. The van der Waals surface area contributed by atoms with Crippen molar-refractivity contribution in [2.45, 2.75) is 116 Å². The number of nitrogens with zero attached hydrogens (tertiary/aromatic N) is 1. The van der Waals surface area contributed by atoms with Gasteiger partial charge in [0.15, 0.2) is 5.78 Å². The molecule has 0 aliphatic carbocycles. The van der Waals surface area contributed by atoms with Crippen LogP contribution in [0.1, 0.15) is 109 Å². The highest BCUT2D eigenvalue weighted by molar-refractivity contribution is 5.84. The highest BCUT2D eigenvalue weighted by Gasteiger charge is 2.20. The first-order valence-corrected chi connectivity index (χ1v) is 18.2. The number of amides is 3. The van der Waals surface area contributed by atoms with E-state index in [1.165, 1.54) is 58.3 Å². The second-order valence-corrected chi connectivity index (χ2v) is 12.3. The Bertz CT molecular complexity index is 1030. The molecule has 0 bridgehead atoms. The van der Waals surface area contributed by atoms with Crippen LogP contribution < -0.4 is 16.0 Å². The minimum Gasteiger partial charge on any atom is -0.480 e. The number of hydrogen-bond donors (Lipinski definition) is 6. The summed E-state index contributed by atoms with van der Waals surface area (Å²) >= 11 is 0. The minimum absolute atomic E-state index is 0.00369. The van der Waals surface area contributed by atoms with E-state index in [4.69, 9.17) is 18.9 Å². The molecule has 1 heterocycles. The van der Waals surface area contributed by atoms with Gasteiger partial charge in [-0.1, -0.05) is 64.2 Å². The minimum atomic E-state index is -1.16. The number of carboxylic acids is 1. The fourth-order valence-corrected chi connectivity index (χ4v) is 4.88. The summed E-state index contributed by atoms with van der Waals surface area (Å²) in [6.07, 6.45) is 15.1. The topological polar surface area (TPSA) is 223 Å². The number of carbonyl (C=O) groups is 5. The molecule has 50 heavy (non-hydrogen) atoms. The molecule has 0 aromatic carbocycles. The highest BCUT2D eigenvalue weighted by Crippen LogP contribution is 2.13. The normalized spacial score (nSPS) is 11.7. The zero-order chi connectivity index (χ0) is 36.5. The molecule has 0 fully saturated rings. The van der Waals surface area contributed by atoms with Gasteiger partial charge in [0, 0.05) is 32.4 Å². The fourth-order valence-electron chi connectivity index (χ4n) is 4.88. The number of aromatic amines is 2. The molecule has 1 atom stereocenters. The zero-order valence-electron chi connectivity index (χ0n) is 30.0. The van der Waals surface area contributed by atoms with E-state index in [1.807, 2.05) is 0 Å². The van der Waals surface area contributed by atoms with Crippen LogP contribution in [0.25, 0.3) is 0 Å². The van der Waals surface area contributed by atoms with Crippen LogP contribution in [0.2, 0.25) is 0 Å². The number of carboxylic acid groups (broad SMARTS) is 1. The third-order valence-electron chi connectivity index (χ3n) is 7.67. The first kappa shape index (κ1) is 44.7. The van der Waals surface area contributed by atoms with Crippen molar-refractivity contribution in [3.8, 4) is 0 Å². The number of hydrogen-bond acceptors (Lipinski definition) is 10. The van der Waals surface area contributed by atoms with Gasteiger partial charge in [-0.15, -0.1) is 5.10 Å². The molecule has 0 spiro atoms. The largest absolute Gasteiger partial charge is 0.480 e. The monoisotopic (exact) mass is 714 g/mol. The molecule has 288 valence electrons. The summed E-state index contributed by atoms with van der Waals surface area (Å²) in [5.74, 6) is -1.09. The summed E-state index contributed by atoms with van der Waals surface area (Å²) in [6.45, 7) is 3.53. The van der Waals surface area contributed by atoms with Gasteiger partial charge in [-0.2, -0.15) is 0 Å². The third-order valence-corrected chi connectivity index (χ3v) is 7.67. The number of unbranched alkanes of at least 4 members (excludes halogenated alkanes) is 11. The lowest BCUT2D eigenvalue weighted by molar-refractivity contribution is -0.142. The van der Waals surface area contributed by atoms with E-state index in [2.05, 4.69) is 31.4 Å². The standard InChI is InChI=1S/C34H62N6O10/c1-28(41)26-49-24-22-48-21-19-36-33(44)27-50-25-23-47-20-18-35-31(42)17-16-29(34(45)46)37-32(43)15-13-11-9-7-5-3-2-4-6-8-10-12-14-30-38-40-39-30/h29,40H,2-27H2,1H3,(H,35,42)(H,36,44)(H,37,43)(H,38,39)(H,45,46)/t29-/m0/s1. The average molecular weight is 715 g/mol. The number of H-pyrrole nitrogens is 2. The Kier molecular flexibility index (Phi) is 28.3. The van der Waals surface area contributed by atoms with Gasteiger partial charge in [-0.05, 0) is 26.2 Å². The smallest absolute Gasteiger partial charge is 0.326 e. The molecule has 1 aromatic heterocycles. The van der Waals surface area contributed by atoms with Gasteiger partial charge >= 0.3 is 5.97 Å². The van der Waals surface area contributed by atoms with Gasteiger partial charge < -0.3 is 40.0 Å². The predicted molar refractivity (Wildman–Crippen MR) is 185 cm³/mol. The molecule has 16 nitrogen and oxygen atoms in total. The van der Waals surface area contributed by atoms with Crippen molar-refractivity contribution in [3.05, 3.63) is 5.82 Å². The van der Waals surface area contributed by atoms with E-state index in [9.17, 15) is 29.1 Å². The Morgan fingerprint density at radius 2 is 1.14 bits per heavy atom. The number of rotatable bonds is 36. The fraction of sp³-hybridized carbons (Fsp3) is 0.824. The van der Waals surface area contributed by atoms with Crippen LogP contribution in [0.4, 0.5) is 0 Å². The van der Waals surface area contributed by atoms with Crippen LogP contribution in [0.5, 0.6) is 0 Å². The Morgan fingerprint density at radius 3 is 1.66 bits per heavy atom. The van der Waals surface area contributed by atoms with Crippen LogP contribution in [0.3, 0.4) is 0 Å². The molecule has 0 saturated carbocycles. The number of nitrogens with one attached hydrogen (secondary N) is 5. The number of aliphatic carboxylic acids is 1. The molecule has 16 heteroatoms. The number of aromatic nitrogens is 3. The second-order valence-electron chi connectivity index (χ2n) is 12.3. The summed E-state index contributed by atoms with van der Waals surface area (Å²) in [6, 6.07) is -1.11. The molecule has 6 N–H and O–H groups in total. The van der Waals surface area contributed by atoms with Crippen LogP contribution in [0.15, 0.2) is 0 Å². The predicted octanol–water partition coefficient (Wildman–Crippen LogP) is 2.59. The molecular weight excluding hydrogens is 652 g/mol. The third kappa shape index (κ3) is 28.5. The van der Waals surface area contributed by atoms with Crippen molar-refractivity contribution < 1.29 is 48.0 Å². The Labute approximate surface area is 296 Å². The van der Waals surface area contributed by atoms with Gasteiger partial charge in [0.2, 0.25) is 17.7 Å². The molecule has 1 rings (SSSR count). The number of carbonyl (C=O) groups excluding carboxylic acids is 4. The summed E-state index contributed by atoms with van der Waals surface area (Å²) in [5, 5.41) is 27.0. The molecule has 0 unspecified atom stereocenters. The van der Waals surface area contributed by atoms with Crippen LogP contribution >= 0.6 is 0 Å². The zero-order valence-corrected chi connectivity index (χ0v) is 30.0. The number of Topliss-reactive ketones (excluding diaryl/α,β-unsaturated/α-hetero) is 1. The quantitative estimate of drug-likeness (QED) is 0.0555. The molecule has 0 saturated heterocycles. The Hall–Kier alpha value is -3.34. The Balaban J connectivity index is 1.91. The SMILES string of the molecule is CC(=O)COCCOCCNC(=O)COCCOCCNC(=O)CC[C@H](NC(=O)CCCCCCCCCCCCCCc1n[nH][nH]1)C(=O)O. The molecule has 0 radical (unpaired) electrons. The van der Waals surface area contributed by atoms with E-state index in [1.54, 1.807) is 0 Å². The lowest BCUT2D eigenvalue weighted by atomic mass is 10.0. The van der Waals surface area contributed by atoms with Crippen molar-refractivity contribution in [1.82, 2.24) is 31.4 Å². The Morgan fingerprint density at radius 1 is 0.640 bits per heavy atom. The van der Waals surface area contributed by atoms with Crippen LogP contribution in [0, 0.1) is 0 Å². The average Bonchev–Trinajstić information content (AvgIpc) is 3.06. The second kappa shape index (κ2) is 31.6. The van der Waals surface area contributed by atoms with Gasteiger partial charge in [0.25, 0.3) is 0 Å². The number of ketones is 1. The van der Waals surface area contributed by atoms with Gasteiger partial charge in [-0.25, -0.2) is 10.0 Å². The van der Waals surface area contributed by atoms with E-state index < -0.39 is 12.0 Å². The van der Waals surface area contributed by atoms with Crippen molar-refractivity contribution >= 4 is 29.5 Å². The number of ether oxygens (including phenoxy) is 4. The lowest BCUT2D eigenvalue weighted by Gasteiger charge is -2.14. The van der Waals surface area contributed by atoms with Crippen LogP contribution in [-0.2, 0) is 49.3 Å². The van der Waals surface area contributed by atoms with Gasteiger partial charge in [0.1, 0.15) is 25.1 Å². The molecule has 0 aliphatic rings. The van der Waals surface area contributed by atoms with E-state index >= 15 is 0 Å². The lowest BCUT2D eigenvalue weighted by Crippen LogP contribution is -2.41. The van der Waals surface area contributed by atoms with E-state index in [-0.39, 0.29) is 82.3 Å². The van der Waals surface area contributed by atoms with Crippen LogP contribution in [-0.4, -0.2) is 122 Å². The summed E-state index contributed by atoms with van der Waals surface area (Å²) in [5.41, 5.74) is 0. The maximum Gasteiger partial charge on any atom is 0.326 e. The maximum atomic E-state index is 12.3. The summed E-state index contributed by atoms with van der Waals surface area (Å²) in [7, 11) is 0. The van der Waals surface area contributed by atoms with Crippen molar-refractivity contribution in [3.63, 3.8) is 0 Å². The molecular formula is C34H62N6O10. The maximum absolute atomic E-state index is 12.3. The number of aryl methyl sites for hydroxylation is 1. The molecule has 0 aliphatic heterocycles. The van der Waals surface area contributed by atoms with E-state index in [0.717, 1.165) is 31.5 Å². The van der Waals surface area contributed by atoms with Crippen molar-refractivity contribution in [2.24, 2.45) is 0 Å². The van der Waals surface area contributed by atoms with E-state index in [0.29, 0.717) is 32.8 Å². The van der Waals surface area contributed by atoms with Gasteiger partial charge in [0.05, 0.1) is 39.6 Å². The highest BCUT2D eigenvalue weighted by atomic mass is 16.5. The summed E-state index contributed by atoms with van der Waals surface area (Å²) < 4.78 is 20.9. The summed E-state index contributed by atoms with van der Waals surface area (Å²) in [4.78, 5) is 58.5.